The first-order chi connectivity index (χ1) is 12.6. The molecule has 2 amide bonds. The van der Waals surface area contributed by atoms with Crippen LogP contribution in [0.4, 0.5) is 4.79 Å². The minimum absolute atomic E-state index is 0.0136. The number of unbranched alkanes of at least 4 members (excludes halogenated alkanes) is 1. The van der Waals surface area contributed by atoms with Crippen molar-refractivity contribution in [3.05, 3.63) is 12.7 Å². The van der Waals surface area contributed by atoms with E-state index in [1.807, 2.05) is 0 Å². The number of ether oxygens (including phenoxy) is 2. The summed E-state index contributed by atoms with van der Waals surface area (Å²) in [5.74, 6) is -0.424. The maximum absolute atomic E-state index is 12.7. The van der Waals surface area contributed by atoms with Crippen LogP contribution in [0.15, 0.2) is 12.7 Å². The molecule has 27 heavy (non-hydrogen) atoms. The average Bonchev–Trinajstić information content (AvgIpc) is 3.16. The molecule has 1 saturated carbocycles. The maximum atomic E-state index is 12.7. The SMILES string of the molecule is C=CCCCC(=O)NC[C@@]12C[C@@H](C(=O)OCC)N(C(=O)OC(C)(C)C)[C@@H]1C2. The predicted molar refractivity (Wildman–Crippen MR) is 101 cm³/mol. The number of nitrogens with one attached hydrogen (secondary N) is 1. The summed E-state index contributed by atoms with van der Waals surface area (Å²) < 4.78 is 10.7. The second-order valence-corrected chi connectivity index (χ2v) is 8.40. The van der Waals surface area contributed by atoms with Crippen molar-refractivity contribution in [2.75, 3.05) is 13.2 Å². The van der Waals surface area contributed by atoms with Gasteiger partial charge in [-0.3, -0.25) is 9.69 Å². The minimum Gasteiger partial charge on any atom is -0.464 e. The summed E-state index contributed by atoms with van der Waals surface area (Å²) in [7, 11) is 0. The van der Waals surface area contributed by atoms with Crippen LogP contribution < -0.4 is 5.32 Å². The zero-order chi connectivity index (χ0) is 20.2. The summed E-state index contributed by atoms with van der Waals surface area (Å²) in [6, 6.07) is -0.758. The molecule has 0 unspecified atom stereocenters. The molecule has 0 radical (unpaired) electrons. The number of piperidine rings is 1. The van der Waals surface area contributed by atoms with Crippen LogP contribution in [0, 0.1) is 5.41 Å². The number of hydrogen-bond acceptors (Lipinski definition) is 5. The zero-order valence-corrected chi connectivity index (χ0v) is 16.9. The first kappa shape index (κ1) is 21.3. The molecule has 1 N–H and O–H groups in total. The highest BCUT2D eigenvalue weighted by atomic mass is 16.6. The van der Waals surface area contributed by atoms with Gasteiger partial charge in [-0.25, -0.2) is 9.59 Å². The molecule has 2 aliphatic rings. The minimum atomic E-state index is -0.656. The Hall–Kier alpha value is -2.05. The van der Waals surface area contributed by atoms with Crippen LogP contribution in [0.2, 0.25) is 0 Å². The fourth-order valence-electron chi connectivity index (χ4n) is 3.68. The lowest BCUT2D eigenvalue weighted by atomic mass is 9.99. The summed E-state index contributed by atoms with van der Waals surface area (Å²) >= 11 is 0. The Morgan fingerprint density at radius 3 is 2.59 bits per heavy atom. The van der Waals surface area contributed by atoms with Crippen LogP contribution in [-0.2, 0) is 19.1 Å². The maximum Gasteiger partial charge on any atom is 0.411 e. The Morgan fingerprint density at radius 1 is 1.30 bits per heavy atom. The van der Waals surface area contributed by atoms with Crippen molar-refractivity contribution >= 4 is 18.0 Å². The van der Waals surface area contributed by atoms with E-state index < -0.39 is 23.7 Å². The van der Waals surface area contributed by atoms with Crippen LogP contribution in [0.25, 0.3) is 0 Å². The van der Waals surface area contributed by atoms with E-state index in [0.29, 0.717) is 19.4 Å². The van der Waals surface area contributed by atoms with Gasteiger partial charge in [0.1, 0.15) is 11.6 Å². The highest BCUT2D eigenvalue weighted by Gasteiger charge is 2.68. The van der Waals surface area contributed by atoms with Crippen LogP contribution in [0.5, 0.6) is 0 Å². The van der Waals surface area contributed by atoms with Gasteiger partial charge in [-0.15, -0.1) is 6.58 Å². The predicted octanol–water partition coefficient (Wildman–Crippen LogP) is 2.79. The number of hydrogen-bond donors (Lipinski definition) is 1. The molecular weight excluding hydrogens is 348 g/mol. The molecule has 1 aliphatic heterocycles. The largest absolute Gasteiger partial charge is 0.464 e. The van der Waals surface area contributed by atoms with E-state index in [4.69, 9.17) is 9.47 Å². The van der Waals surface area contributed by atoms with Crippen LogP contribution in [0.1, 0.15) is 59.8 Å². The van der Waals surface area contributed by atoms with Gasteiger partial charge in [0.2, 0.25) is 5.91 Å². The molecule has 1 aliphatic carbocycles. The summed E-state index contributed by atoms with van der Waals surface area (Å²) in [6.45, 7) is 11.5. The van der Waals surface area contributed by atoms with Crippen molar-refractivity contribution in [2.45, 2.75) is 77.5 Å². The van der Waals surface area contributed by atoms with E-state index in [1.54, 1.807) is 33.8 Å². The fraction of sp³-hybridized carbons (Fsp3) is 0.750. The second-order valence-electron chi connectivity index (χ2n) is 8.40. The lowest BCUT2D eigenvalue weighted by Gasteiger charge is -2.29. The van der Waals surface area contributed by atoms with Crippen molar-refractivity contribution < 1.29 is 23.9 Å². The second kappa shape index (κ2) is 8.31. The van der Waals surface area contributed by atoms with E-state index in [1.165, 1.54) is 4.90 Å². The normalized spacial score (nSPS) is 26.1. The Balaban J connectivity index is 2.02. The number of carbonyl (C=O) groups excluding carboxylic acids is 3. The molecule has 2 fully saturated rings. The molecule has 1 heterocycles. The summed E-state index contributed by atoms with van der Waals surface area (Å²) in [6.07, 6.45) is 4.56. The first-order valence-electron chi connectivity index (χ1n) is 9.69. The lowest BCUT2D eigenvalue weighted by molar-refractivity contribution is -0.149. The van der Waals surface area contributed by atoms with E-state index >= 15 is 0 Å². The van der Waals surface area contributed by atoms with Gasteiger partial charge in [-0.2, -0.15) is 0 Å². The van der Waals surface area contributed by atoms with Crippen molar-refractivity contribution in [3.63, 3.8) is 0 Å². The monoisotopic (exact) mass is 380 g/mol. The van der Waals surface area contributed by atoms with Gasteiger partial charge in [-0.05, 0) is 53.4 Å². The zero-order valence-electron chi connectivity index (χ0n) is 16.9. The quantitative estimate of drug-likeness (QED) is 0.398. The number of carbonyl (C=O) groups is 3. The molecule has 0 aromatic heterocycles. The molecule has 2 rings (SSSR count). The fourth-order valence-corrected chi connectivity index (χ4v) is 3.68. The Kier molecular flexibility index (Phi) is 6.54. The van der Waals surface area contributed by atoms with Gasteiger partial charge in [-0.1, -0.05) is 6.08 Å². The number of allylic oxidation sites excluding steroid dienone is 1. The third kappa shape index (κ3) is 5.23. The Morgan fingerprint density at radius 2 is 2.00 bits per heavy atom. The molecule has 0 aromatic carbocycles. The van der Waals surface area contributed by atoms with Crippen LogP contribution in [0.3, 0.4) is 0 Å². The standard InChI is InChI=1S/C20H32N2O5/c1-6-8-9-10-16(23)21-13-20-11-14(17(24)26-7-2)22(15(20)12-20)18(25)27-19(3,4)5/h6,14-15H,1,7-13H2,2-5H3,(H,21,23)/t14-,15+,20-/m0/s1. The highest BCUT2D eigenvalue weighted by molar-refractivity contribution is 5.84. The lowest BCUT2D eigenvalue weighted by Crippen LogP contribution is -2.46. The van der Waals surface area contributed by atoms with Crippen LogP contribution in [-0.4, -0.2) is 53.7 Å². The molecule has 0 aromatic rings. The van der Waals surface area contributed by atoms with Gasteiger partial charge in [0.25, 0.3) is 0 Å². The number of nitrogens with zero attached hydrogens (tertiary/aromatic N) is 1. The van der Waals surface area contributed by atoms with Gasteiger partial charge < -0.3 is 14.8 Å². The Labute approximate surface area is 161 Å². The summed E-state index contributed by atoms with van der Waals surface area (Å²) in [4.78, 5) is 38.6. The van der Waals surface area contributed by atoms with Crippen molar-refractivity contribution in [1.82, 2.24) is 10.2 Å². The van der Waals surface area contributed by atoms with Crippen LogP contribution >= 0.6 is 0 Å². The number of esters is 1. The number of fused-ring (bicyclic) bond motifs is 1. The van der Waals surface area contributed by atoms with Gasteiger partial charge >= 0.3 is 12.1 Å². The summed E-state index contributed by atoms with van der Waals surface area (Å²) in [5, 5.41) is 2.96. The topological polar surface area (TPSA) is 84.9 Å². The van der Waals surface area contributed by atoms with E-state index in [2.05, 4.69) is 11.9 Å². The summed E-state index contributed by atoms with van der Waals surface area (Å²) in [5.41, 5.74) is -0.905. The Bertz CT molecular complexity index is 598. The van der Waals surface area contributed by atoms with Crippen molar-refractivity contribution in [1.29, 1.82) is 0 Å². The third-order valence-corrected chi connectivity index (χ3v) is 5.03. The molecule has 0 spiro atoms. The van der Waals surface area contributed by atoms with Crippen molar-refractivity contribution in [3.8, 4) is 0 Å². The molecule has 7 heteroatoms. The van der Waals surface area contributed by atoms with Crippen molar-refractivity contribution in [2.24, 2.45) is 5.41 Å². The molecule has 3 atom stereocenters. The third-order valence-electron chi connectivity index (χ3n) is 5.03. The molecule has 0 bridgehead atoms. The molecular formula is C20H32N2O5. The average molecular weight is 380 g/mol. The first-order valence-corrected chi connectivity index (χ1v) is 9.69. The smallest absolute Gasteiger partial charge is 0.411 e. The van der Waals surface area contributed by atoms with Gasteiger partial charge in [0.15, 0.2) is 0 Å². The number of likely N-dealkylation sites (tertiary alicyclic amines) is 1. The molecule has 7 nitrogen and oxygen atoms in total. The van der Waals surface area contributed by atoms with E-state index in [-0.39, 0.29) is 24.0 Å². The number of amides is 2. The molecule has 152 valence electrons. The highest BCUT2D eigenvalue weighted by Crippen LogP contribution is 2.59. The van der Waals surface area contributed by atoms with Gasteiger partial charge in [0, 0.05) is 24.4 Å². The number of rotatable bonds is 8. The van der Waals surface area contributed by atoms with Gasteiger partial charge in [0.05, 0.1) is 6.61 Å². The van der Waals surface area contributed by atoms with E-state index in [9.17, 15) is 14.4 Å². The van der Waals surface area contributed by atoms with E-state index in [0.717, 1.165) is 19.3 Å². The molecule has 1 saturated heterocycles.